The lowest BCUT2D eigenvalue weighted by Crippen LogP contribution is -2.04. The molecule has 0 radical (unpaired) electrons. The van der Waals surface area contributed by atoms with Gasteiger partial charge in [0, 0.05) is 157 Å². The zero-order valence-corrected chi connectivity index (χ0v) is 80.6. The van der Waals surface area contributed by atoms with Crippen LogP contribution in [-0.2, 0) is 0 Å². The zero-order chi connectivity index (χ0) is 97.8. The summed E-state index contributed by atoms with van der Waals surface area (Å²) in [5.74, 6) is 2.05. The Morgan fingerprint density at radius 2 is 0.400 bits per heavy atom. The van der Waals surface area contributed by atoms with E-state index in [0.29, 0.717) is 17.7 Å². The minimum absolute atomic E-state index is 0.667. The molecular weight excluding hydrogens is 1830 g/mol. The Kier molecular flexibility index (Phi) is 17.3. The van der Waals surface area contributed by atoms with Crippen LogP contribution >= 0.6 is 0 Å². The van der Waals surface area contributed by atoms with Crippen molar-refractivity contribution in [2.45, 2.75) is 0 Å². The van der Waals surface area contributed by atoms with E-state index in [2.05, 4.69) is 512 Å². The molecule has 150 heavy (non-hydrogen) atoms. The quantitative estimate of drug-likeness (QED) is 0.140. The van der Waals surface area contributed by atoms with Crippen molar-refractivity contribution in [2.24, 2.45) is 0 Å². The molecule has 0 aliphatic heterocycles. The van der Waals surface area contributed by atoms with Crippen molar-refractivity contribution in [3.63, 3.8) is 0 Å². The van der Waals surface area contributed by atoms with Crippen LogP contribution in [-0.4, -0.2) is 56.8 Å². The molecule has 0 atom stereocenters. The smallest absolute Gasteiger partial charge is 0.235 e. The van der Waals surface area contributed by atoms with Crippen molar-refractivity contribution in [3.8, 4) is 73.9 Å². The molecule has 0 aliphatic carbocycles. The van der Waals surface area contributed by atoms with Gasteiger partial charge in [0.25, 0.3) is 0 Å². The van der Waals surface area contributed by atoms with Crippen molar-refractivity contribution in [1.82, 2.24) is 56.8 Å². The average Bonchev–Trinajstić information content (AvgIpc) is 1.52. The minimum Gasteiger partial charge on any atom is -0.309 e. The van der Waals surface area contributed by atoms with Crippen molar-refractivity contribution in [3.05, 3.63) is 485 Å². The third-order valence-corrected chi connectivity index (χ3v) is 31.9. The maximum atomic E-state index is 5.54. The van der Waals surface area contributed by atoms with Gasteiger partial charge in [-0.15, -0.1) is 0 Å². The van der Waals surface area contributed by atoms with Crippen molar-refractivity contribution in [1.29, 1.82) is 0 Å². The highest BCUT2D eigenvalue weighted by Gasteiger charge is 2.32. The van der Waals surface area contributed by atoms with Crippen LogP contribution in [0.5, 0.6) is 0 Å². The second kappa shape index (κ2) is 31.6. The van der Waals surface area contributed by atoms with Gasteiger partial charge < -0.3 is 17.8 Å². The van der Waals surface area contributed by atoms with Crippen LogP contribution in [0.15, 0.2) is 485 Å². The Morgan fingerprint density at radius 3 is 0.780 bits per heavy atom. The summed E-state index contributed by atoms with van der Waals surface area (Å²) in [6, 6.07) is 174. The van der Waals surface area contributed by atoms with E-state index >= 15 is 0 Å². The number of aromatic nitrogens is 12. The second-order valence-corrected chi connectivity index (χ2v) is 39.7. The summed E-state index contributed by atoms with van der Waals surface area (Å²) in [5.41, 5.74) is 31.2. The fourth-order valence-electron chi connectivity index (χ4n) is 25.5. The molecule has 12 heterocycles. The third kappa shape index (κ3) is 11.7. The zero-order valence-electron chi connectivity index (χ0n) is 80.6. The number of hydrogen-bond acceptors (Lipinski definition) is 6. The number of hydrogen-bond donors (Lipinski definition) is 0. The van der Waals surface area contributed by atoms with E-state index in [1.54, 1.807) is 0 Å². The van der Waals surface area contributed by atoms with Crippen LogP contribution in [0.25, 0.3) is 319 Å². The Morgan fingerprint density at radius 1 is 0.140 bits per heavy atom. The lowest BCUT2D eigenvalue weighted by atomic mass is 9.99. The predicted octanol–water partition coefficient (Wildman–Crippen LogP) is 35.4. The fourth-order valence-corrected chi connectivity index (χ4v) is 25.5. The molecule has 12 aromatic heterocycles. The SMILES string of the molecule is c1ccc(-c2ccc(-c3nc(-n4c5ccccc5c5cc6c7ccccc7n7c8ccccc8c(c54)c67)nc4c3ccc3ccccc34)cc2)cc1.c1ccc(-c2nc(-c3cccc(-n4c5ccccc5c5cc6c7ccccc7n7c8ccccc8c(c54)c67)c3)nc3c2ccc2ccccc23)cc1.c1ccc(-c2nc(-n3c4ccccc4c4cc5c6ccccc6n6c7ccccc7c(c43)c56)nc3c2ccc2ccccc23)cc1. The summed E-state index contributed by atoms with van der Waals surface area (Å²) in [6.07, 6.45) is 0. The number of benzene rings is 23. The molecule has 0 bridgehead atoms. The Balaban J connectivity index is 0.0000000976. The third-order valence-electron chi connectivity index (χ3n) is 31.9. The summed E-state index contributed by atoms with van der Waals surface area (Å²) in [7, 11) is 0. The van der Waals surface area contributed by atoms with Crippen LogP contribution in [0.4, 0.5) is 0 Å². The van der Waals surface area contributed by atoms with Gasteiger partial charge in [0.05, 0.1) is 116 Å². The van der Waals surface area contributed by atoms with Crippen LogP contribution in [0.2, 0.25) is 0 Å². The maximum absolute atomic E-state index is 5.54. The van der Waals surface area contributed by atoms with E-state index in [0.717, 1.165) is 121 Å². The highest BCUT2D eigenvalue weighted by atomic mass is 15.2. The number of nitrogens with zero attached hydrogens (tertiary/aromatic N) is 12. The van der Waals surface area contributed by atoms with Gasteiger partial charge in [-0.3, -0.25) is 9.13 Å². The van der Waals surface area contributed by atoms with E-state index < -0.39 is 0 Å². The maximum Gasteiger partial charge on any atom is 0.235 e. The molecule has 35 rings (SSSR count). The van der Waals surface area contributed by atoms with E-state index in [-0.39, 0.29) is 0 Å². The van der Waals surface area contributed by atoms with Gasteiger partial charge in [-0.25, -0.2) is 29.9 Å². The van der Waals surface area contributed by atoms with Crippen molar-refractivity contribution >= 4 is 245 Å². The van der Waals surface area contributed by atoms with Gasteiger partial charge in [-0.1, -0.05) is 382 Å². The van der Waals surface area contributed by atoms with Gasteiger partial charge in [0.15, 0.2) is 5.82 Å². The standard InChI is InChI=1S/2C48H28N4.C42H24N4/c1-2-14-30(15-3-1)44-37-26-25-29-13-4-5-18-33(29)45(37)50-48(49-44)31-16-12-17-32(27-31)51-40-22-9-6-19-34(40)38-28-39-35-20-7-10-23-41(35)52-42-24-11-8-21-36(42)43(46(38)51)47(39)52;1-2-12-29(13-3-1)30-22-24-32(25-23-30)44-37-27-26-31-14-4-5-15-33(31)45(37)50-48(49-44)52-41-20-10-7-17-35(41)39-28-38-34-16-6-9-19-40(34)51-42-21-11-8-18-36(42)43(46(38)51)47(39)52;1-2-13-26(14-3-1)38-31-23-22-25-12-4-5-15-27(25)39(31)44-42(43-38)46-35-20-10-7-17-29(35)33-24-32-28-16-6-9-19-34(28)45-36-21-11-8-18-30(36)37(40(32)45)41(33)46/h2*1-28H;1-24H. The number of rotatable bonds is 8. The van der Waals surface area contributed by atoms with Crippen LogP contribution in [0.3, 0.4) is 0 Å². The molecule has 0 saturated heterocycles. The van der Waals surface area contributed by atoms with Crippen LogP contribution in [0, 0.1) is 0 Å². The van der Waals surface area contributed by atoms with Gasteiger partial charge >= 0.3 is 0 Å². The first-order chi connectivity index (χ1) is 74.5. The molecule has 0 unspecified atom stereocenters. The highest BCUT2D eigenvalue weighted by Crippen LogP contribution is 2.53. The van der Waals surface area contributed by atoms with Crippen LogP contribution < -0.4 is 0 Å². The Bertz CT molecular complexity index is 11900. The first-order valence-electron chi connectivity index (χ1n) is 51.2. The van der Waals surface area contributed by atoms with Gasteiger partial charge in [0.2, 0.25) is 11.9 Å². The largest absolute Gasteiger partial charge is 0.309 e. The summed E-state index contributed by atoms with van der Waals surface area (Å²) in [6.45, 7) is 0. The average molecular weight is 1910 g/mol. The minimum atomic E-state index is 0.667. The molecule has 12 heteroatoms. The van der Waals surface area contributed by atoms with Gasteiger partial charge in [-0.2, -0.15) is 0 Å². The summed E-state index contributed by atoms with van der Waals surface area (Å²) < 4.78 is 14.5. The predicted molar refractivity (Wildman–Crippen MR) is 625 cm³/mol. The van der Waals surface area contributed by atoms with E-state index in [1.807, 2.05) is 0 Å². The molecule has 0 fully saturated rings. The summed E-state index contributed by atoms with van der Waals surface area (Å²) >= 11 is 0. The molecule has 23 aromatic carbocycles. The van der Waals surface area contributed by atoms with Gasteiger partial charge in [0.1, 0.15) is 0 Å². The second-order valence-electron chi connectivity index (χ2n) is 39.7. The molecular formula is C138H80N12. The van der Waals surface area contributed by atoms with Crippen molar-refractivity contribution in [2.75, 3.05) is 0 Å². The number of fused-ring (bicyclic) bond motifs is 39. The van der Waals surface area contributed by atoms with Crippen LogP contribution in [0.1, 0.15) is 0 Å². The number of para-hydroxylation sites is 9. The molecule has 692 valence electrons. The van der Waals surface area contributed by atoms with Gasteiger partial charge in [-0.05, 0) is 130 Å². The molecule has 12 nitrogen and oxygen atoms in total. The lowest BCUT2D eigenvalue weighted by molar-refractivity contribution is 1.02. The molecule has 0 spiro atoms. The molecule has 0 saturated carbocycles. The Labute approximate surface area is 854 Å². The van der Waals surface area contributed by atoms with E-state index in [1.165, 1.54) is 180 Å². The summed E-state index contributed by atoms with van der Waals surface area (Å²) in [5, 5.41) is 32.4. The van der Waals surface area contributed by atoms with E-state index in [4.69, 9.17) is 29.9 Å². The normalized spacial score (nSPS) is 12.3. The molecule has 0 amide bonds. The van der Waals surface area contributed by atoms with E-state index in [9.17, 15) is 0 Å². The van der Waals surface area contributed by atoms with Crippen molar-refractivity contribution < 1.29 is 0 Å². The fraction of sp³-hybridized carbons (Fsp3) is 0. The highest BCUT2D eigenvalue weighted by molar-refractivity contribution is 6.38. The first-order valence-corrected chi connectivity index (χ1v) is 51.2. The summed E-state index contributed by atoms with van der Waals surface area (Å²) in [4.78, 5) is 32.6. The molecule has 0 aliphatic rings. The monoisotopic (exact) mass is 1900 g/mol. The topological polar surface area (TPSA) is 105 Å². The lowest BCUT2D eigenvalue weighted by Gasteiger charge is -2.14. The molecule has 0 N–H and O–H groups in total. The first kappa shape index (κ1) is 82.1. The Hall–Kier alpha value is -20.3. The molecule has 35 aromatic rings.